The summed E-state index contributed by atoms with van der Waals surface area (Å²) in [5.74, 6) is -0.892. The molecule has 0 bridgehead atoms. The van der Waals surface area contributed by atoms with E-state index in [0.717, 1.165) is 25.8 Å². The number of hydrogen-bond acceptors (Lipinski definition) is 4. The van der Waals surface area contributed by atoms with Crippen molar-refractivity contribution < 1.29 is 19.8 Å². The van der Waals surface area contributed by atoms with E-state index in [1.54, 1.807) is 0 Å². The van der Waals surface area contributed by atoms with Gasteiger partial charge in [-0.2, -0.15) is 5.26 Å². The molecule has 0 spiro atoms. The van der Waals surface area contributed by atoms with E-state index >= 15 is 0 Å². The second kappa shape index (κ2) is 6.31. The molecule has 7 heteroatoms. The highest BCUT2D eigenvalue weighted by atomic mass is 16.4. The number of aliphatic carboxylic acids is 1. The first-order valence-corrected chi connectivity index (χ1v) is 7.31. The predicted molar refractivity (Wildman–Crippen MR) is 73.7 cm³/mol. The summed E-state index contributed by atoms with van der Waals surface area (Å²) in [6.07, 6.45) is 1.92. The Bertz CT molecular complexity index is 454. The van der Waals surface area contributed by atoms with Gasteiger partial charge in [0.05, 0.1) is 17.9 Å². The summed E-state index contributed by atoms with van der Waals surface area (Å²) >= 11 is 0. The SMILES string of the molecule is N#CCC1(C(=O)O)CCCN(C2CCN(C(=O)O)CC2)C1. The van der Waals surface area contributed by atoms with Gasteiger partial charge in [0.1, 0.15) is 0 Å². The van der Waals surface area contributed by atoms with Gasteiger partial charge in [0.2, 0.25) is 0 Å². The fourth-order valence-electron chi connectivity index (χ4n) is 3.45. The highest BCUT2D eigenvalue weighted by Crippen LogP contribution is 2.35. The normalized spacial score (nSPS) is 28.0. The number of piperidine rings is 2. The molecule has 2 heterocycles. The Labute approximate surface area is 123 Å². The number of carboxylic acid groups (broad SMARTS) is 2. The maximum absolute atomic E-state index is 11.6. The fraction of sp³-hybridized carbons (Fsp3) is 0.786. The van der Waals surface area contributed by atoms with Gasteiger partial charge in [-0.1, -0.05) is 0 Å². The third-order valence-electron chi connectivity index (χ3n) is 4.73. The molecular formula is C14H21N3O4. The van der Waals surface area contributed by atoms with Crippen molar-refractivity contribution in [1.29, 1.82) is 5.26 Å². The summed E-state index contributed by atoms with van der Waals surface area (Å²) in [4.78, 5) is 26.0. The van der Waals surface area contributed by atoms with Crippen LogP contribution in [-0.4, -0.2) is 64.3 Å². The summed E-state index contributed by atoms with van der Waals surface area (Å²) in [6.45, 7) is 2.22. The molecule has 1 atom stereocenters. The van der Waals surface area contributed by atoms with Gasteiger partial charge < -0.3 is 15.1 Å². The predicted octanol–water partition coefficient (Wildman–Crippen LogP) is 1.21. The maximum atomic E-state index is 11.6. The number of likely N-dealkylation sites (tertiary alicyclic amines) is 2. The van der Waals surface area contributed by atoms with Crippen molar-refractivity contribution in [2.24, 2.45) is 5.41 Å². The number of rotatable bonds is 3. The first kappa shape index (κ1) is 15.6. The van der Waals surface area contributed by atoms with Crippen LogP contribution >= 0.6 is 0 Å². The van der Waals surface area contributed by atoms with E-state index in [0.29, 0.717) is 26.1 Å². The molecular weight excluding hydrogens is 274 g/mol. The molecule has 2 saturated heterocycles. The van der Waals surface area contributed by atoms with Gasteiger partial charge in [0.25, 0.3) is 0 Å². The smallest absolute Gasteiger partial charge is 0.407 e. The summed E-state index contributed by atoms with van der Waals surface area (Å²) in [5.41, 5.74) is -0.961. The molecule has 1 unspecified atom stereocenters. The van der Waals surface area contributed by atoms with Crippen LogP contribution in [0.3, 0.4) is 0 Å². The largest absolute Gasteiger partial charge is 0.481 e. The number of hydrogen-bond donors (Lipinski definition) is 2. The Balaban J connectivity index is 2.00. The molecule has 0 saturated carbocycles. The summed E-state index contributed by atoms with van der Waals surface area (Å²) in [6, 6.07) is 2.23. The zero-order valence-electron chi connectivity index (χ0n) is 12.0. The minimum atomic E-state index is -0.961. The van der Waals surface area contributed by atoms with Gasteiger partial charge in [-0.25, -0.2) is 4.79 Å². The van der Waals surface area contributed by atoms with Crippen LogP contribution in [0.25, 0.3) is 0 Å². The highest BCUT2D eigenvalue weighted by molar-refractivity contribution is 5.75. The summed E-state index contributed by atoms with van der Waals surface area (Å²) < 4.78 is 0. The maximum Gasteiger partial charge on any atom is 0.407 e. The third-order valence-corrected chi connectivity index (χ3v) is 4.73. The van der Waals surface area contributed by atoms with Crippen molar-refractivity contribution >= 4 is 12.1 Å². The van der Waals surface area contributed by atoms with Crippen molar-refractivity contribution in [3.8, 4) is 6.07 Å². The monoisotopic (exact) mass is 295 g/mol. The average molecular weight is 295 g/mol. The van der Waals surface area contributed by atoms with E-state index < -0.39 is 17.5 Å². The van der Waals surface area contributed by atoms with Crippen molar-refractivity contribution in [3.63, 3.8) is 0 Å². The average Bonchev–Trinajstić information content (AvgIpc) is 2.48. The van der Waals surface area contributed by atoms with Gasteiger partial charge in [0, 0.05) is 25.7 Å². The van der Waals surface area contributed by atoms with Crippen LogP contribution in [-0.2, 0) is 4.79 Å². The van der Waals surface area contributed by atoms with Gasteiger partial charge in [0.15, 0.2) is 0 Å². The van der Waals surface area contributed by atoms with Crippen molar-refractivity contribution in [2.45, 2.75) is 38.1 Å². The third kappa shape index (κ3) is 3.27. The first-order valence-electron chi connectivity index (χ1n) is 7.31. The van der Waals surface area contributed by atoms with Gasteiger partial charge in [-0.15, -0.1) is 0 Å². The lowest BCUT2D eigenvalue weighted by molar-refractivity contribution is -0.153. The molecule has 2 aliphatic rings. The molecule has 116 valence electrons. The van der Waals surface area contributed by atoms with E-state index in [9.17, 15) is 14.7 Å². The Morgan fingerprint density at radius 1 is 1.24 bits per heavy atom. The Hall–Kier alpha value is -1.81. The Morgan fingerprint density at radius 2 is 1.90 bits per heavy atom. The minimum Gasteiger partial charge on any atom is -0.481 e. The van der Waals surface area contributed by atoms with Crippen LogP contribution < -0.4 is 0 Å². The van der Waals surface area contributed by atoms with E-state index in [-0.39, 0.29) is 12.5 Å². The number of carboxylic acids is 1. The lowest BCUT2D eigenvalue weighted by atomic mass is 9.76. The topological polar surface area (TPSA) is 105 Å². The first-order chi connectivity index (χ1) is 9.98. The molecule has 2 N–H and O–H groups in total. The summed E-state index contributed by atoms with van der Waals surface area (Å²) in [7, 11) is 0. The number of carbonyl (C=O) groups is 2. The molecule has 2 aliphatic heterocycles. The second-order valence-electron chi connectivity index (χ2n) is 6.00. The molecule has 2 rings (SSSR count). The highest BCUT2D eigenvalue weighted by Gasteiger charge is 2.44. The Kier molecular flexibility index (Phi) is 4.68. The molecule has 7 nitrogen and oxygen atoms in total. The molecule has 1 amide bonds. The minimum absolute atomic E-state index is 0.0345. The van der Waals surface area contributed by atoms with Crippen LogP contribution in [0.2, 0.25) is 0 Å². The van der Waals surface area contributed by atoms with Crippen molar-refractivity contribution in [1.82, 2.24) is 9.80 Å². The number of amides is 1. The van der Waals surface area contributed by atoms with E-state index in [4.69, 9.17) is 10.4 Å². The molecule has 0 radical (unpaired) electrons. The van der Waals surface area contributed by atoms with Crippen LogP contribution in [0.1, 0.15) is 32.1 Å². The fourth-order valence-corrected chi connectivity index (χ4v) is 3.45. The van der Waals surface area contributed by atoms with Crippen molar-refractivity contribution in [3.05, 3.63) is 0 Å². The molecule has 2 fully saturated rings. The van der Waals surface area contributed by atoms with Crippen LogP contribution in [0.15, 0.2) is 0 Å². The van der Waals surface area contributed by atoms with Crippen LogP contribution in [0.5, 0.6) is 0 Å². The molecule has 0 aromatic rings. The quantitative estimate of drug-likeness (QED) is 0.810. The lowest BCUT2D eigenvalue weighted by Gasteiger charge is -2.44. The van der Waals surface area contributed by atoms with Crippen molar-refractivity contribution in [2.75, 3.05) is 26.2 Å². The second-order valence-corrected chi connectivity index (χ2v) is 6.00. The zero-order chi connectivity index (χ0) is 15.5. The van der Waals surface area contributed by atoms with Gasteiger partial charge in [-0.3, -0.25) is 9.69 Å². The number of nitriles is 1. The molecule has 0 aromatic heterocycles. The van der Waals surface area contributed by atoms with E-state index in [1.807, 2.05) is 6.07 Å². The van der Waals surface area contributed by atoms with E-state index in [2.05, 4.69) is 4.90 Å². The number of nitrogens with zero attached hydrogens (tertiary/aromatic N) is 3. The van der Waals surface area contributed by atoms with Crippen LogP contribution in [0.4, 0.5) is 4.79 Å². The molecule has 21 heavy (non-hydrogen) atoms. The Morgan fingerprint density at radius 3 is 2.43 bits per heavy atom. The van der Waals surface area contributed by atoms with Gasteiger partial charge >= 0.3 is 12.1 Å². The standard InChI is InChI=1S/C14H21N3O4/c15-6-5-14(12(18)19)4-1-7-17(10-14)11-2-8-16(9-3-11)13(20)21/h11H,1-5,7-10H2,(H,18,19)(H,20,21). The summed E-state index contributed by atoms with van der Waals surface area (Å²) in [5, 5.41) is 27.4. The molecule has 0 aliphatic carbocycles. The molecule has 0 aromatic carbocycles. The van der Waals surface area contributed by atoms with Crippen LogP contribution in [0, 0.1) is 16.7 Å². The zero-order valence-corrected chi connectivity index (χ0v) is 12.0. The van der Waals surface area contributed by atoms with E-state index in [1.165, 1.54) is 4.90 Å². The lowest BCUT2D eigenvalue weighted by Crippen LogP contribution is -2.54. The van der Waals surface area contributed by atoms with Gasteiger partial charge in [-0.05, 0) is 32.2 Å².